The summed E-state index contributed by atoms with van der Waals surface area (Å²) in [5.74, 6) is 1.53. The summed E-state index contributed by atoms with van der Waals surface area (Å²) in [5, 5.41) is 0. The van der Waals surface area contributed by atoms with Crippen LogP contribution in [0.25, 0.3) is 0 Å². The quantitative estimate of drug-likeness (QED) is 0.746. The predicted molar refractivity (Wildman–Crippen MR) is 75.9 cm³/mol. The molecular weight excluding hydrogens is 236 g/mol. The Morgan fingerprint density at radius 2 is 1.95 bits per heavy atom. The van der Waals surface area contributed by atoms with Gasteiger partial charge in [-0.1, -0.05) is 33.1 Å². The Hall–Kier alpha value is -1.31. The molecule has 1 saturated carbocycles. The number of hydrogen-bond donors (Lipinski definition) is 0. The molecule has 0 N–H and O–H groups in total. The summed E-state index contributed by atoms with van der Waals surface area (Å²) in [4.78, 5) is 12.6. The lowest BCUT2D eigenvalue weighted by Gasteiger charge is -2.21. The van der Waals surface area contributed by atoms with Crippen molar-refractivity contribution in [3.8, 4) is 5.75 Å². The zero-order valence-corrected chi connectivity index (χ0v) is 11.9. The van der Waals surface area contributed by atoms with Crippen LogP contribution in [-0.2, 0) is 5.41 Å². The highest BCUT2D eigenvalue weighted by molar-refractivity contribution is 5.98. The molecule has 1 aliphatic heterocycles. The minimum atomic E-state index is 0.0260. The third-order valence-electron chi connectivity index (χ3n) is 4.56. The lowest BCUT2D eigenvalue weighted by molar-refractivity contribution is 0.0889. The maximum absolute atomic E-state index is 12.6. The van der Waals surface area contributed by atoms with Crippen molar-refractivity contribution in [3.63, 3.8) is 0 Å². The van der Waals surface area contributed by atoms with Crippen LogP contribution in [0.5, 0.6) is 5.75 Å². The first kappa shape index (κ1) is 12.7. The van der Waals surface area contributed by atoms with Crippen LogP contribution >= 0.6 is 0 Å². The van der Waals surface area contributed by atoms with E-state index >= 15 is 0 Å². The van der Waals surface area contributed by atoms with Crippen LogP contribution in [0, 0.1) is 5.92 Å². The molecule has 1 aliphatic carbocycles. The molecule has 3 rings (SSSR count). The highest BCUT2D eigenvalue weighted by Crippen LogP contribution is 2.39. The summed E-state index contributed by atoms with van der Waals surface area (Å²) < 4.78 is 5.68. The molecule has 0 spiro atoms. The van der Waals surface area contributed by atoms with Crippen molar-refractivity contribution in [3.05, 3.63) is 29.3 Å². The summed E-state index contributed by atoms with van der Waals surface area (Å²) in [5.41, 5.74) is 2.09. The molecule has 0 atom stereocenters. The third kappa shape index (κ3) is 2.29. The van der Waals surface area contributed by atoms with Crippen LogP contribution < -0.4 is 4.74 Å². The molecule has 2 nitrogen and oxygen atoms in total. The summed E-state index contributed by atoms with van der Waals surface area (Å²) in [6.45, 7) is 5.06. The normalized spacial score (nSPS) is 21.8. The second-order valence-electron chi connectivity index (χ2n) is 6.58. The van der Waals surface area contributed by atoms with Gasteiger partial charge in [-0.3, -0.25) is 4.79 Å². The van der Waals surface area contributed by atoms with Crippen molar-refractivity contribution in [2.45, 2.75) is 51.4 Å². The van der Waals surface area contributed by atoms with E-state index in [2.05, 4.69) is 19.9 Å². The van der Waals surface area contributed by atoms with Crippen molar-refractivity contribution in [2.75, 3.05) is 6.61 Å². The van der Waals surface area contributed by atoms with Gasteiger partial charge in [0.15, 0.2) is 5.78 Å². The van der Waals surface area contributed by atoms with Crippen molar-refractivity contribution in [2.24, 2.45) is 5.92 Å². The fourth-order valence-corrected chi connectivity index (χ4v) is 3.27. The third-order valence-corrected chi connectivity index (χ3v) is 4.56. The number of carbonyl (C=O) groups excluding carboxylic acids is 1. The number of ketones is 1. The molecule has 1 heterocycles. The van der Waals surface area contributed by atoms with Gasteiger partial charge in [0.25, 0.3) is 0 Å². The first-order chi connectivity index (χ1) is 9.08. The Morgan fingerprint density at radius 3 is 2.68 bits per heavy atom. The SMILES string of the molecule is CC1(C)COc2ccc(C(=O)C3CCCCC3)cc21. The second-order valence-corrected chi connectivity index (χ2v) is 6.58. The minimum Gasteiger partial charge on any atom is -0.492 e. The van der Waals surface area contributed by atoms with E-state index in [1.807, 2.05) is 12.1 Å². The fourth-order valence-electron chi connectivity index (χ4n) is 3.27. The van der Waals surface area contributed by atoms with Gasteiger partial charge in [-0.2, -0.15) is 0 Å². The fraction of sp³-hybridized carbons (Fsp3) is 0.588. The first-order valence-electron chi connectivity index (χ1n) is 7.39. The van der Waals surface area contributed by atoms with Crippen LogP contribution in [0.1, 0.15) is 61.9 Å². The Bertz CT molecular complexity index is 496. The standard InChI is InChI=1S/C17H22O2/c1-17(2)11-19-15-9-8-13(10-14(15)17)16(18)12-6-4-3-5-7-12/h8-10,12H,3-7,11H2,1-2H3. The molecule has 0 saturated heterocycles. The molecule has 2 aliphatic rings. The molecule has 0 aromatic heterocycles. The van der Waals surface area contributed by atoms with Crippen LogP contribution in [0.4, 0.5) is 0 Å². The maximum atomic E-state index is 12.6. The molecule has 0 amide bonds. The van der Waals surface area contributed by atoms with E-state index < -0.39 is 0 Å². The van der Waals surface area contributed by atoms with Crippen molar-refractivity contribution in [1.82, 2.24) is 0 Å². The van der Waals surface area contributed by atoms with Gasteiger partial charge in [-0.15, -0.1) is 0 Å². The zero-order chi connectivity index (χ0) is 13.5. The summed E-state index contributed by atoms with van der Waals surface area (Å²) in [7, 11) is 0. The molecule has 1 aromatic carbocycles. The topological polar surface area (TPSA) is 26.3 Å². The van der Waals surface area contributed by atoms with Gasteiger partial charge in [0.05, 0.1) is 6.61 Å². The number of hydrogen-bond acceptors (Lipinski definition) is 2. The van der Waals surface area contributed by atoms with Gasteiger partial charge in [0.1, 0.15) is 5.75 Å². The zero-order valence-electron chi connectivity index (χ0n) is 11.9. The van der Waals surface area contributed by atoms with Gasteiger partial charge < -0.3 is 4.74 Å². The first-order valence-corrected chi connectivity index (χ1v) is 7.39. The predicted octanol–water partition coefficient (Wildman–Crippen LogP) is 4.12. The van der Waals surface area contributed by atoms with E-state index in [0.29, 0.717) is 12.4 Å². The lowest BCUT2D eigenvalue weighted by atomic mass is 9.81. The molecule has 0 unspecified atom stereocenters. The highest BCUT2D eigenvalue weighted by atomic mass is 16.5. The van der Waals surface area contributed by atoms with Crippen molar-refractivity contribution >= 4 is 5.78 Å². The van der Waals surface area contributed by atoms with E-state index in [4.69, 9.17) is 4.74 Å². The van der Waals surface area contributed by atoms with Crippen LogP contribution in [0.2, 0.25) is 0 Å². The summed E-state index contributed by atoms with van der Waals surface area (Å²) in [6, 6.07) is 5.98. The van der Waals surface area contributed by atoms with E-state index in [9.17, 15) is 4.79 Å². The van der Waals surface area contributed by atoms with Gasteiger partial charge in [-0.25, -0.2) is 0 Å². The Labute approximate surface area is 115 Å². The Kier molecular flexibility index (Phi) is 3.12. The largest absolute Gasteiger partial charge is 0.492 e. The summed E-state index contributed by atoms with van der Waals surface area (Å²) in [6.07, 6.45) is 5.83. The van der Waals surface area contributed by atoms with Gasteiger partial charge in [-0.05, 0) is 31.0 Å². The molecule has 1 aromatic rings. The average Bonchev–Trinajstić information content (AvgIpc) is 2.74. The molecule has 0 bridgehead atoms. The highest BCUT2D eigenvalue weighted by Gasteiger charge is 2.33. The van der Waals surface area contributed by atoms with Gasteiger partial charge in [0, 0.05) is 22.5 Å². The van der Waals surface area contributed by atoms with E-state index in [1.54, 1.807) is 0 Å². The minimum absolute atomic E-state index is 0.0260. The number of Topliss-reactive ketones (excluding diaryl/α,β-unsaturated/α-hetero) is 1. The van der Waals surface area contributed by atoms with Crippen LogP contribution in [0.3, 0.4) is 0 Å². The number of benzene rings is 1. The summed E-state index contributed by atoms with van der Waals surface area (Å²) >= 11 is 0. The van der Waals surface area contributed by atoms with Gasteiger partial charge in [0.2, 0.25) is 0 Å². The number of ether oxygens (including phenoxy) is 1. The Balaban J connectivity index is 1.88. The van der Waals surface area contributed by atoms with E-state index in [1.165, 1.54) is 24.8 Å². The number of carbonyl (C=O) groups is 1. The maximum Gasteiger partial charge on any atom is 0.165 e. The van der Waals surface area contributed by atoms with E-state index in [-0.39, 0.29) is 11.3 Å². The van der Waals surface area contributed by atoms with Crippen LogP contribution in [0.15, 0.2) is 18.2 Å². The molecule has 1 fully saturated rings. The average molecular weight is 258 g/mol. The van der Waals surface area contributed by atoms with Crippen molar-refractivity contribution < 1.29 is 9.53 Å². The number of fused-ring (bicyclic) bond motifs is 1. The van der Waals surface area contributed by atoms with E-state index in [0.717, 1.165) is 24.2 Å². The lowest BCUT2D eigenvalue weighted by Crippen LogP contribution is -2.20. The molecule has 0 radical (unpaired) electrons. The molecular formula is C17H22O2. The molecule has 102 valence electrons. The smallest absolute Gasteiger partial charge is 0.165 e. The monoisotopic (exact) mass is 258 g/mol. The molecule has 2 heteroatoms. The second kappa shape index (κ2) is 4.66. The van der Waals surface area contributed by atoms with Crippen LogP contribution in [-0.4, -0.2) is 12.4 Å². The van der Waals surface area contributed by atoms with Crippen molar-refractivity contribution in [1.29, 1.82) is 0 Å². The molecule has 19 heavy (non-hydrogen) atoms. The Morgan fingerprint density at radius 1 is 1.21 bits per heavy atom. The van der Waals surface area contributed by atoms with Gasteiger partial charge >= 0.3 is 0 Å². The number of rotatable bonds is 2.